The lowest BCUT2D eigenvalue weighted by molar-refractivity contribution is 1.14. The number of aromatic nitrogens is 5. The summed E-state index contributed by atoms with van der Waals surface area (Å²) in [7, 11) is 0. The minimum atomic E-state index is 0.228. The summed E-state index contributed by atoms with van der Waals surface area (Å²) >= 11 is 0. The molecule has 3 heterocycles. The van der Waals surface area contributed by atoms with Gasteiger partial charge in [0.25, 0.3) is 0 Å². The van der Waals surface area contributed by atoms with Gasteiger partial charge < -0.3 is 5.73 Å². The molecule has 3 aromatic heterocycles. The molecule has 3 aromatic rings. The van der Waals surface area contributed by atoms with Crippen LogP contribution in [0.4, 0.5) is 5.95 Å². The normalized spacial score (nSPS) is 10.3. The number of anilines is 1. The average Bonchev–Trinajstić information content (AvgIpc) is 2.48. The van der Waals surface area contributed by atoms with Crippen molar-refractivity contribution in [1.29, 1.82) is 0 Å². The van der Waals surface area contributed by atoms with Gasteiger partial charge >= 0.3 is 0 Å². The van der Waals surface area contributed by atoms with Crippen LogP contribution in [0.5, 0.6) is 0 Å². The molecule has 0 atom stereocenters. The van der Waals surface area contributed by atoms with Gasteiger partial charge in [-0.2, -0.15) is 0 Å². The summed E-state index contributed by atoms with van der Waals surface area (Å²) in [5, 5.41) is 0. The molecule has 0 fully saturated rings. The zero-order chi connectivity index (χ0) is 13.1. The lowest BCUT2D eigenvalue weighted by Crippen LogP contribution is -1.97. The fourth-order valence-electron chi connectivity index (χ4n) is 1.68. The molecule has 0 bridgehead atoms. The van der Waals surface area contributed by atoms with Crippen molar-refractivity contribution in [2.75, 3.05) is 5.73 Å². The molecule has 0 amide bonds. The SMILES string of the molecule is Nc1nccc(-c2cccc(-c3ccncn3)n2)n1. The van der Waals surface area contributed by atoms with Crippen LogP contribution in [0, 0.1) is 0 Å². The van der Waals surface area contributed by atoms with Crippen molar-refractivity contribution in [2.45, 2.75) is 0 Å². The zero-order valence-electron chi connectivity index (χ0n) is 9.93. The number of hydrogen-bond acceptors (Lipinski definition) is 6. The van der Waals surface area contributed by atoms with E-state index in [1.165, 1.54) is 6.33 Å². The number of nitrogen functional groups attached to an aromatic ring is 1. The third kappa shape index (κ3) is 2.37. The number of nitrogens with zero attached hydrogens (tertiary/aromatic N) is 5. The monoisotopic (exact) mass is 250 g/mol. The maximum absolute atomic E-state index is 5.57. The first-order chi connectivity index (χ1) is 9.33. The van der Waals surface area contributed by atoms with E-state index in [4.69, 9.17) is 5.73 Å². The molecule has 19 heavy (non-hydrogen) atoms. The van der Waals surface area contributed by atoms with E-state index in [0.717, 1.165) is 17.1 Å². The van der Waals surface area contributed by atoms with Gasteiger partial charge in [0.1, 0.15) is 6.33 Å². The van der Waals surface area contributed by atoms with Crippen molar-refractivity contribution in [3.63, 3.8) is 0 Å². The predicted molar refractivity (Wildman–Crippen MR) is 70.7 cm³/mol. The summed E-state index contributed by atoms with van der Waals surface area (Å²) in [6, 6.07) is 9.23. The van der Waals surface area contributed by atoms with Crippen molar-refractivity contribution in [3.05, 3.63) is 49.1 Å². The van der Waals surface area contributed by atoms with Crippen LogP contribution in [0.1, 0.15) is 0 Å². The molecule has 3 rings (SSSR count). The molecule has 0 spiro atoms. The fraction of sp³-hybridized carbons (Fsp3) is 0. The van der Waals surface area contributed by atoms with E-state index in [2.05, 4.69) is 24.9 Å². The Balaban J connectivity index is 2.06. The zero-order valence-corrected chi connectivity index (χ0v) is 9.93. The summed E-state index contributed by atoms with van der Waals surface area (Å²) in [5.74, 6) is 0.228. The van der Waals surface area contributed by atoms with E-state index in [9.17, 15) is 0 Å². The Labute approximate surface area is 109 Å². The highest BCUT2D eigenvalue weighted by atomic mass is 15.0. The summed E-state index contributed by atoms with van der Waals surface area (Å²) in [4.78, 5) is 20.6. The average molecular weight is 250 g/mol. The molecule has 6 heteroatoms. The van der Waals surface area contributed by atoms with Gasteiger partial charge in [0.05, 0.1) is 22.8 Å². The standard InChI is InChI=1S/C13H10N6/c14-13-16-7-5-12(19-13)11-3-1-2-10(18-11)9-4-6-15-8-17-9/h1-8H,(H2,14,16,19). The van der Waals surface area contributed by atoms with Gasteiger partial charge in [-0.15, -0.1) is 0 Å². The van der Waals surface area contributed by atoms with Gasteiger partial charge in [-0.05, 0) is 24.3 Å². The molecule has 0 unspecified atom stereocenters. The number of pyridine rings is 1. The molecular weight excluding hydrogens is 240 g/mol. The lowest BCUT2D eigenvalue weighted by atomic mass is 10.2. The quantitative estimate of drug-likeness (QED) is 0.742. The Hall–Kier alpha value is -2.89. The topological polar surface area (TPSA) is 90.5 Å². The van der Waals surface area contributed by atoms with Gasteiger partial charge in [-0.1, -0.05) is 6.07 Å². The van der Waals surface area contributed by atoms with E-state index < -0.39 is 0 Å². The van der Waals surface area contributed by atoms with Crippen LogP contribution in [0.15, 0.2) is 49.1 Å². The molecule has 0 radical (unpaired) electrons. The first kappa shape index (κ1) is 11.2. The van der Waals surface area contributed by atoms with Crippen LogP contribution < -0.4 is 5.73 Å². The minimum Gasteiger partial charge on any atom is -0.368 e. The van der Waals surface area contributed by atoms with Crippen molar-refractivity contribution in [1.82, 2.24) is 24.9 Å². The number of hydrogen-bond donors (Lipinski definition) is 1. The van der Waals surface area contributed by atoms with Crippen LogP contribution in [-0.2, 0) is 0 Å². The van der Waals surface area contributed by atoms with Crippen molar-refractivity contribution >= 4 is 5.95 Å². The lowest BCUT2D eigenvalue weighted by Gasteiger charge is -2.03. The molecule has 2 N–H and O–H groups in total. The molecule has 0 aromatic carbocycles. The second-order valence-corrected chi connectivity index (χ2v) is 3.80. The first-order valence-corrected chi connectivity index (χ1v) is 5.65. The van der Waals surface area contributed by atoms with E-state index >= 15 is 0 Å². The van der Waals surface area contributed by atoms with Gasteiger partial charge in [-0.3, -0.25) is 0 Å². The molecule has 0 aliphatic rings. The predicted octanol–water partition coefficient (Wildman–Crippen LogP) is 1.58. The van der Waals surface area contributed by atoms with E-state index in [1.807, 2.05) is 18.2 Å². The molecule has 0 aliphatic carbocycles. The van der Waals surface area contributed by atoms with Gasteiger partial charge in [0.2, 0.25) is 5.95 Å². The van der Waals surface area contributed by atoms with E-state index in [0.29, 0.717) is 5.69 Å². The minimum absolute atomic E-state index is 0.228. The largest absolute Gasteiger partial charge is 0.368 e. The highest BCUT2D eigenvalue weighted by Gasteiger charge is 2.05. The van der Waals surface area contributed by atoms with Crippen LogP contribution in [0.25, 0.3) is 22.8 Å². The van der Waals surface area contributed by atoms with Crippen molar-refractivity contribution in [3.8, 4) is 22.8 Å². The number of rotatable bonds is 2. The van der Waals surface area contributed by atoms with Crippen LogP contribution in [-0.4, -0.2) is 24.9 Å². The maximum Gasteiger partial charge on any atom is 0.220 e. The number of nitrogens with two attached hydrogens (primary N) is 1. The highest BCUT2D eigenvalue weighted by Crippen LogP contribution is 2.19. The van der Waals surface area contributed by atoms with E-state index in [1.54, 1.807) is 24.5 Å². The second-order valence-electron chi connectivity index (χ2n) is 3.80. The summed E-state index contributed by atoms with van der Waals surface area (Å²) in [6.45, 7) is 0. The Kier molecular flexibility index (Phi) is 2.82. The Bertz CT molecular complexity index is 698. The Morgan fingerprint density at radius 3 is 2.21 bits per heavy atom. The van der Waals surface area contributed by atoms with Crippen molar-refractivity contribution in [2.24, 2.45) is 0 Å². The van der Waals surface area contributed by atoms with Gasteiger partial charge in [0, 0.05) is 12.4 Å². The van der Waals surface area contributed by atoms with Gasteiger partial charge in [0.15, 0.2) is 0 Å². The molecule has 92 valence electrons. The molecular formula is C13H10N6. The van der Waals surface area contributed by atoms with Crippen LogP contribution in [0.2, 0.25) is 0 Å². The van der Waals surface area contributed by atoms with Gasteiger partial charge in [-0.25, -0.2) is 24.9 Å². The van der Waals surface area contributed by atoms with Crippen molar-refractivity contribution < 1.29 is 0 Å². The highest BCUT2D eigenvalue weighted by molar-refractivity contribution is 5.61. The van der Waals surface area contributed by atoms with Crippen LogP contribution in [0.3, 0.4) is 0 Å². The third-order valence-electron chi connectivity index (χ3n) is 2.53. The van der Waals surface area contributed by atoms with Crippen LogP contribution >= 0.6 is 0 Å². The first-order valence-electron chi connectivity index (χ1n) is 5.65. The van der Waals surface area contributed by atoms with E-state index in [-0.39, 0.29) is 5.95 Å². The summed E-state index contributed by atoms with van der Waals surface area (Å²) in [5.41, 5.74) is 8.51. The Morgan fingerprint density at radius 2 is 1.47 bits per heavy atom. The summed E-state index contributed by atoms with van der Waals surface area (Å²) < 4.78 is 0. The molecule has 0 aliphatic heterocycles. The molecule has 0 saturated carbocycles. The Morgan fingerprint density at radius 1 is 0.737 bits per heavy atom. The molecule has 6 nitrogen and oxygen atoms in total. The molecule has 0 saturated heterocycles. The fourth-order valence-corrected chi connectivity index (χ4v) is 1.68. The maximum atomic E-state index is 5.57. The smallest absolute Gasteiger partial charge is 0.220 e. The summed E-state index contributed by atoms with van der Waals surface area (Å²) in [6.07, 6.45) is 4.78. The second kappa shape index (κ2) is 4.77. The third-order valence-corrected chi connectivity index (χ3v) is 2.53.